The van der Waals surface area contributed by atoms with Gasteiger partial charge >= 0.3 is 5.97 Å². The highest BCUT2D eigenvalue weighted by Crippen LogP contribution is 2.05. The third kappa shape index (κ3) is 4.14. The zero-order chi connectivity index (χ0) is 15.1. The van der Waals surface area contributed by atoms with E-state index < -0.39 is 17.9 Å². The maximum atomic E-state index is 12.1. The van der Waals surface area contributed by atoms with E-state index in [9.17, 15) is 9.59 Å². The van der Waals surface area contributed by atoms with Crippen molar-refractivity contribution in [3.63, 3.8) is 0 Å². The summed E-state index contributed by atoms with van der Waals surface area (Å²) >= 11 is 0. The van der Waals surface area contributed by atoms with Crippen molar-refractivity contribution < 1.29 is 14.3 Å². The van der Waals surface area contributed by atoms with E-state index in [1.165, 1.54) is 13.3 Å². The third-order valence-corrected chi connectivity index (χ3v) is 2.97. The van der Waals surface area contributed by atoms with Gasteiger partial charge in [0, 0.05) is 12.6 Å². The molecule has 0 aliphatic heterocycles. The number of nitrogens with one attached hydrogen (secondary N) is 1. The molecule has 2 rings (SSSR count). The van der Waals surface area contributed by atoms with Gasteiger partial charge in [-0.15, -0.1) is 0 Å². The molecule has 0 radical (unpaired) electrons. The Hall–Kier alpha value is -2.69. The van der Waals surface area contributed by atoms with Crippen LogP contribution in [0.15, 0.2) is 54.7 Å². The maximum absolute atomic E-state index is 12.1. The molecule has 5 nitrogen and oxygen atoms in total. The number of hydrogen-bond donors (Lipinski definition) is 1. The van der Waals surface area contributed by atoms with E-state index in [2.05, 4.69) is 10.3 Å². The van der Waals surface area contributed by atoms with E-state index in [0.29, 0.717) is 6.42 Å². The van der Waals surface area contributed by atoms with Crippen LogP contribution in [0.4, 0.5) is 0 Å². The number of aromatic nitrogens is 1. The fourth-order valence-corrected chi connectivity index (χ4v) is 1.91. The van der Waals surface area contributed by atoms with Crippen molar-refractivity contribution in [3.8, 4) is 0 Å². The second-order valence-electron chi connectivity index (χ2n) is 4.45. The van der Waals surface area contributed by atoms with Gasteiger partial charge in [0.2, 0.25) is 0 Å². The maximum Gasteiger partial charge on any atom is 0.328 e. The molecule has 108 valence electrons. The van der Waals surface area contributed by atoms with E-state index in [4.69, 9.17) is 4.74 Å². The molecular weight excluding hydrogens is 268 g/mol. The molecule has 21 heavy (non-hydrogen) atoms. The molecule has 1 aromatic carbocycles. The average Bonchev–Trinajstić information content (AvgIpc) is 2.55. The van der Waals surface area contributed by atoms with Gasteiger partial charge < -0.3 is 10.1 Å². The second kappa shape index (κ2) is 7.19. The number of pyridine rings is 1. The molecule has 1 amide bonds. The van der Waals surface area contributed by atoms with E-state index in [-0.39, 0.29) is 5.69 Å². The van der Waals surface area contributed by atoms with Crippen LogP contribution in [-0.4, -0.2) is 30.0 Å². The van der Waals surface area contributed by atoms with E-state index >= 15 is 0 Å². The molecule has 1 N–H and O–H groups in total. The topological polar surface area (TPSA) is 68.3 Å². The van der Waals surface area contributed by atoms with Crippen molar-refractivity contribution in [2.75, 3.05) is 7.11 Å². The zero-order valence-electron chi connectivity index (χ0n) is 11.7. The zero-order valence-corrected chi connectivity index (χ0v) is 11.7. The minimum absolute atomic E-state index is 0.263. The quantitative estimate of drug-likeness (QED) is 0.847. The van der Waals surface area contributed by atoms with Crippen molar-refractivity contribution in [1.82, 2.24) is 10.3 Å². The van der Waals surface area contributed by atoms with Crippen LogP contribution < -0.4 is 5.32 Å². The number of esters is 1. The average molecular weight is 284 g/mol. The van der Waals surface area contributed by atoms with Gasteiger partial charge in [-0.05, 0) is 17.7 Å². The van der Waals surface area contributed by atoms with Gasteiger partial charge in [-0.3, -0.25) is 9.78 Å². The fourth-order valence-electron chi connectivity index (χ4n) is 1.91. The lowest BCUT2D eigenvalue weighted by Crippen LogP contribution is -2.43. The molecule has 0 spiro atoms. The normalized spacial score (nSPS) is 11.5. The Morgan fingerprint density at radius 2 is 1.86 bits per heavy atom. The van der Waals surface area contributed by atoms with Gasteiger partial charge in [-0.1, -0.05) is 36.4 Å². The molecular formula is C16H16N2O3. The Kier molecular flexibility index (Phi) is 5.04. The first kappa shape index (κ1) is 14.7. The van der Waals surface area contributed by atoms with Gasteiger partial charge in [0.05, 0.1) is 7.11 Å². The number of nitrogens with zero attached hydrogens (tertiary/aromatic N) is 1. The van der Waals surface area contributed by atoms with Crippen LogP contribution in [0.1, 0.15) is 16.1 Å². The second-order valence-corrected chi connectivity index (χ2v) is 4.45. The first-order valence-electron chi connectivity index (χ1n) is 6.54. The molecule has 0 fully saturated rings. The fraction of sp³-hybridized carbons (Fsp3) is 0.188. The van der Waals surface area contributed by atoms with Crippen LogP contribution in [0.5, 0.6) is 0 Å². The third-order valence-electron chi connectivity index (χ3n) is 2.97. The minimum atomic E-state index is -0.744. The van der Waals surface area contributed by atoms with Crippen LogP contribution in [0.25, 0.3) is 0 Å². The van der Waals surface area contributed by atoms with Crippen LogP contribution in [-0.2, 0) is 16.0 Å². The summed E-state index contributed by atoms with van der Waals surface area (Å²) in [6.07, 6.45) is 1.89. The standard InChI is InChI=1S/C16H16N2O3/c1-21-16(20)14(11-12-7-3-2-4-8-12)18-15(19)13-9-5-6-10-17-13/h2-10,14H,11H2,1H3,(H,18,19). The molecule has 0 aliphatic carbocycles. The summed E-state index contributed by atoms with van der Waals surface area (Å²) in [6.45, 7) is 0. The number of methoxy groups -OCH3 is 1. The van der Waals surface area contributed by atoms with Crippen molar-refractivity contribution in [3.05, 3.63) is 66.0 Å². The first-order valence-corrected chi connectivity index (χ1v) is 6.54. The van der Waals surface area contributed by atoms with Crippen LogP contribution in [0.3, 0.4) is 0 Å². The minimum Gasteiger partial charge on any atom is -0.467 e. The van der Waals surface area contributed by atoms with Crippen LogP contribution in [0.2, 0.25) is 0 Å². The van der Waals surface area contributed by atoms with E-state index in [0.717, 1.165) is 5.56 Å². The van der Waals surface area contributed by atoms with Gasteiger partial charge in [0.1, 0.15) is 11.7 Å². The molecule has 0 bridgehead atoms. The number of hydrogen-bond acceptors (Lipinski definition) is 4. The predicted octanol–water partition coefficient (Wildman–Crippen LogP) is 1.60. The number of carbonyl (C=O) groups excluding carboxylic acids is 2. The first-order chi connectivity index (χ1) is 10.2. The molecule has 5 heteroatoms. The molecule has 2 aromatic rings. The Morgan fingerprint density at radius 3 is 2.48 bits per heavy atom. The summed E-state index contributed by atoms with van der Waals surface area (Å²) < 4.78 is 4.75. The number of ether oxygens (including phenoxy) is 1. The Balaban J connectivity index is 2.10. The molecule has 0 saturated carbocycles. The lowest BCUT2D eigenvalue weighted by Gasteiger charge is -2.16. The monoisotopic (exact) mass is 284 g/mol. The lowest BCUT2D eigenvalue weighted by molar-refractivity contribution is -0.142. The van der Waals surface area contributed by atoms with E-state index in [1.807, 2.05) is 30.3 Å². The van der Waals surface area contributed by atoms with Crippen molar-refractivity contribution in [1.29, 1.82) is 0 Å². The lowest BCUT2D eigenvalue weighted by atomic mass is 10.1. The van der Waals surface area contributed by atoms with E-state index in [1.54, 1.807) is 18.2 Å². The molecule has 1 heterocycles. The summed E-state index contributed by atoms with van der Waals surface area (Å²) in [7, 11) is 1.30. The predicted molar refractivity (Wildman–Crippen MR) is 77.7 cm³/mol. The number of rotatable bonds is 5. The highest BCUT2D eigenvalue weighted by atomic mass is 16.5. The number of carbonyl (C=O) groups is 2. The largest absolute Gasteiger partial charge is 0.467 e. The van der Waals surface area contributed by atoms with Crippen LogP contribution >= 0.6 is 0 Å². The highest BCUT2D eigenvalue weighted by Gasteiger charge is 2.22. The molecule has 0 saturated heterocycles. The van der Waals surface area contributed by atoms with Crippen molar-refractivity contribution in [2.45, 2.75) is 12.5 Å². The smallest absolute Gasteiger partial charge is 0.328 e. The highest BCUT2D eigenvalue weighted by molar-refractivity contribution is 5.95. The van der Waals surface area contributed by atoms with Gasteiger partial charge in [0.15, 0.2) is 0 Å². The van der Waals surface area contributed by atoms with Gasteiger partial charge in [-0.2, -0.15) is 0 Å². The number of benzene rings is 1. The van der Waals surface area contributed by atoms with Crippen LogP contribution in [0, 0.1) is 0 Å². The summed E-state index contributed by atoms with van der Waals surface area (Å²) in [4.78, 5) is 27.9. The van der Waals surface area contributed by atoms with Crippen molar-refractivity contribution >= 4 is 11.9 Å². The summed E-state index contributed by atoms with van der Waals surface area (Å²) in [5.74, 6) is -0.884. The number of amides is 1. The summed E-state index contributed by atoms with van der Waals surface area (Å²) in [6, 6.07) is 13.7. The summed E-state index contributed by atoms with van der Waals surface area (Å²) in [5, 5.41) is 2.66. The van der Waals surface area contributed by atoms with Crippen molar-refractivity contribution in [2.24, 2.45) is 0 Å². The molecule has 1 aromatic heterocycles. The molecule has 0 aliphatic rings. The van der Waals surface area contributed by atoms with Gasteiger partial charge in [-0.25, -0.2) is 4.79 Å². The Labute approximate surface area is 123 Å². The molecule has 1 unspecified atom stereocenters. The molecule has 1 atom stereocenters. The Morgan fingerprint density at radius 1 is 1.14 bits per heavy atom. The SMILES string of the molecule is COC(=O)C(Cc1ccccc1)NC(=O)c1ccccn1. The Bertz CT molecular complexity index is 599. The van der Waals surface area contributed by atoms with Gasteiger partial charge in [0.25, 0.3) is 5.91 Å². The summed E-state index contributed by atoms with van der Waals surface area (Å²) in [5.41, 5.74) is 1.20.